The molecule has 96 valence electrons. The van der Waals surface area contributed by atoms with Crippen LogP contribution in [0.2, 0.25) is 0 Å². The average molecular weight is 241 g/mol. The molecule has 0 bridgehead atoms. The molecule has 1 N–H and O–H groups in total. The Morgan fingerprint density at radius 2 is 2.29 bits per heavy atom. The highest BCUT2D eigenvalue weighted by Crippen LogP contribution is 2.19. The van der Waals surface area contributed by atoms with Crippen molar-refractivity contribution in [2.75, 3.05) is 40.4 Å². The Morgan fingerprint density at radius 1 is 1.53 bits per heavy atom. The fourth-order valence-electron chi connectivity index (χ4n) is 2.39. The zero-order valence-electron chi connectivity index (χ0n) is 10.3. The SMILES string of the molecule is CNC(CN1C(=O)CN(C)C1=O)C1CCOC1. The molecule has 2 aliphatic heterocycles. The fourth-order valence-corrected chi connectivity index (χ4v) is 2.39. The predicted molar refractivity (Wildman–Crippen MR) is 61.5 cm³/mol. The van der Waals surface area contributed by atoms with Crippen LogP contribution in [0.4, 0.5) is 4.79 Å². The standard InChI is InChI=1S/C11H19N3O3/c1-12-9(8-3-4-17-7-8)5-14-10(15)6-13(2)11(14)16/h8-9,12H,3-7H2,1-2H3. The summed E-state index contributed by atoms with van der Waals surface area (Å²) in [5.74, 6) is 0.267. The first kappa shape index (κ1) is 12.3. The van der Waals surface area contributed by atoms with E-state index in [9.17, 15) is 9.59 Å². The lowest BCUT2D eigenvalue weighted by Crippen LogP contribution is -2.46. The quantitative estimate of drug-likeness (QED) is 0.674. The molecule has 0 saturated carbocycles. The zero-order valence-corrected chi connectivity index (χ0v) is 10.3. The summed E-state index contributed by atoms with van der Waals surface area (Å²) in [5, 5.41) is 3.18. The highest BCUT2D eigenvalue weighted by Gasteiger charge is 2.36. The molecule has 0 radical (unpaired) electrons. The number of nitrogens with zero attached hydrogens (tertiary/aromatic N) is 2. The largest absolute Gasteiger partial charge is 0.381 e. The van der Waals surface area contributed by atoms with Gasteiger partial charge in [-0.25, -0.2) is 4.79 Å². The van der Waals surface area contributed by atoms with Crippen LogP contribution >= 0.6 is 0 Å². The van der Waals surface area contributed by atoms with Gasteiger partial charge in [-0.05, 0) is 13.5 Å². The summed E-state index contributed by atoms with van der Waals surface area (Å²) in [6.45, 7) is 2.10. The minimum absolute atomic E-state index is 0.114. The van der Waals surface area contributed by atoms with E-state index < -0.39 is 0 Å². The number of urea groups is 1. The van der Waals surface area contributed by atoms with Gasteiger partial charge in [0, 0.05) is 32.2 Å². The summed E-state index contributed by atoms with van der Waals surface area (Å²) >= 11 is 0. The Labute approximate surface area is 101 Å². The van der Waals surface area contributed by atoms with Gasteiger partial charge in [0.1, 0.15) is 6.54 Å². The normalized spacial score (nSPS) is 27.1. The number of hydrogen-bond donors (Lipinski definition) is 1. The summed E-state index contributed by atoms with van der Waals surface area (Å²) in [6.07, 6.45) is 0.984. The second kappa shape index (κ2) is 5.01. The molecule has 0 spiro atoms. The molecule has 2 rings (SSSR count). The van der Waals surface area contributed by atoms with E-state index in [-0.39, 0.29) is 24.5 Å². The number of nitrogens with one attached hydrogen (secondary N) is 1. The summed E-state index contributed by atoms with van der Waals surface area (Å²) in [7, 11) is 3.50. The van der Waals surface area contributed by atoms with E-state index in [0.717, 1.165) is 13.0 Å². The first-order chi connectivity index (χ1) is 8.13. The number of hydrogen-bond acceptors (Lipinski definition) is 4. The topological polar surface area (TPSA) is 61.9 Å². The Bertz CT molecular complexity index is 315. The highest BCUT2D eigenvalue weighted by atomic mass is 16.5. The van der Waals surface area contributed by atoms with Gasteiger partial charge in [0.15, 0.2) is 0 Å². The van der Waals surface area contributed by atoms with Crippen LogP contribution in [0.5, 0.6) is 0 Å². The second-order valence-electron chi connectivity index (χ2n) is 4.66. The lowest BCUT2D eigenvalue weighted by atomic mass is 9.99. The second-order valence-corrected chi connectivity index (χ2v) is 4.66. The molecule has 2 aliphatic rings. The van der Waals surface area contributed by atoms with Crippen LogP contribution in [0.1, 0.15) is 6.42 Å². The number of amides is 3. The van der Waals surface area contributed by atoms with Crippen molar-refractivity contribution in [2.45, 2.75) is 12.5 Å². The molecule has 2 atom stereocenters. The van der Waals surface area contributed by atoms with Gasteiger partial charge in [0.05, 0.1) is 6.61 Å². The van der Waals surface area contributed by atoms with Gasteiger partial charge in [-0.1, -0.05) is 0 Å². The number of likely N-dealkylation sites (N-methyl/N-ethyl adjacent to an activating group) is 2. The molecule has 2 heterocycles. The Morgan fingerprint density at radius 3 is 2.76 bits per heavy atom. The minimum Gasteiger partial charge on any atom is -0.381 e. The van der Waals surface area contributed by atoms with Gasteiger partial charge >= 0.3 is 6.03 Å². The number of ether oxygens (including phenoxy) is 1. The maximum Gasteiger partial charge on any atom is 0.327 e. The molecule has 2 unspecified atom stereocenters. The molecule has 0 aromatic carbocycles. The van der Waals surface area contributed by atoms with Crippen molar-refractivity contribution in [3.8, 4) is 0 Å². The summed E-state index contributed by atoms with van der Waals surface area (Å²) in [6, 6.07) is -0.0777. The Hall–Kier alpha value is -1.14. The number of imide groups is 1. The molecule has 0 aromatic heterocycles. The van der Waals surface area contributed by atoms with Crippen LogP contribution in [0.25, 0.3) is 0 Å². The van der Waals surface area contributed by atoms with E-state index in [1.165, 1.54) is 9.80 Å². The van der Waals surface area contributed by atoms with Crippen molar-refractivity contribution in [3.05, 3.63) is 0 Å². The lowest BCUT2D eigenvalue weighted by molar-refractivity contribution is -0.125. The number of carbonyl (C=O) groups excluding carboxylic acids is 2. The van der Waals surface area contributed by atoms with Gasteiger partial charge in [0.2, 0.25) is 5.91 Å². The van der Waals surface area contributed by atoms with Crippen LogP contribution < -0.4 is 5.32 Å². The van der Waals surface area contributed by atoms with E-state index in [0.29, 0.717) is 19.1 Å². The molecule has 3 amide bonds. The van der Waals surface area contributed by atoms with Crippen LogP contribution in [0.15, 0.2) is 0 Å². The molecule has 2 fully saturated rings. The number of carbonyl (C=O) groups is 2. The van der Waals surface area contributed by atoms with Crippen LogP contribution in [0.3, 0.4) is 0 Å². The number of rotatable bonds is 4. The van der Waals surface area contributed by atoms with Crippen LogP contribution in [0, 0.1) is 5.92 Å². The van der Waals surface area contributed by atoms with Crippen molar-refractivity contribution in [1.82, 2.24) is 15.1 Å². The Balaban J connectivity index is 1.98. The van der Waals surface area contributed by atoms with E-state index in [4.69, 9.17) is 4.74 Å². The first-order valence-corrected chi connectivity index (χ1v) is 5.94. The van der Waals surface area contributed by atoms with Crippen LogP contribution in [-0.4, -0.2) is 68.2 Å². The van der Waals surface area contributed by atoms with E-state index in [1.54, 1.807) is 7.05 Å². The van der Waals surface area contributed by atoms with Crippen LogP contribution in [-0.2, 0) is 9.53 Å². The summed E-state index contributed by atoms with van der Waals surface area (Å²) in [4.78, 5) is 26.2. The average Bonchev–Trinajstić information content (AvgIpc) is 2.89. The third-order valence-electron chi connectivity index (χ3n) is 3.51. The predicted octanol–water partition coefficient (Wildman–Crippen LogP) is -0.495. The maximum absolute atomic E-state index is 11.8. The smallest absolute Gasteiger partial charge is 0.327 e. The fraction of sp³-hybridized carbons (Fsp3) is 0.818. The molecular formula is C11H19N3O3. The third kappa shape index (κ3) is 2.42. The molecule has 17 heavy (non-hydrogen) atoms. The molecular weight excluding hydrogens is 222 g/mol. The van der Waals surface area contributed by atoms with Crippen molar-refractivity contribution in [2.24, 2.45) is 5.92 Å². The Kier molecular flexibility index (Phi) is 3.63. The molecule has 6 nitrogen and oxygen atoms in total. The monoisotopic (exact) mass is 241 g/mol. The maximum atomic E-state index is 11.8. The van der Waals surface area contributed by atoms with Crippen molar-refractivity contribution in [1.29, 1.82) is 0 Å². The van der Waals surface area contributed by atoms with Gasteiger partial charge in [-0.3, -0.25) is 9.69 Å². The van der Waals surface area contributed by atoms with E-state index in [1.807, 2.05) is 7.05 Å². The zero-order chi connectivity index (χ0) is 12.4. The molecule has 0 aromatic rings. The summed E-state index contributed by atoms with van der Waals surface area (Å²) in [5.41, 5.74) is 0. The van der Waals surface area contributed by atoms with Gasteiger partial charge in [0.25, 0.3) is 0 Å². The lowest BCUT2D eigenvalue weighted by Gasteiger charge is -2.25. The summed E-state index contributed by atoms with van der Waals surface area (Å²) < 4.78 is 5.34. The minimum atomic E-state index is -0.200. The van der Waals surface area contributed by atoms with E-state index >= 15 is 0 Å². The molecule has 0 aliphatic carbocycles. The van der Waals surface area contributed by atoms with Crippen molar-refractivity contribution < 1.29 is 14.3 Å². The first-order valence-electron chi connectivity index (χ1n) is 5.94. The van der Waals surface area contributed by atoms with E-state index in [2.05, 4.69) is 5.32 Å². The van der Waals surface area contributed by atoms with Gasteiger partial charge < -0.3 is 15.0 Å². The highest BCUT2D eigenvalue weighted by molar-refractivity contribution is 6.01. The van der Waals surface area contributed by atoms with Gasteiger partial charge in [-0.15, -0.1) is 0 Å². The molecule has 2 saturated heterocycles. The van der Waals surface area contributed by atoms with Gasteiger partial charge in [-0.2, -0.15) is 0 Å². The third-order valence-corrected chi connectivity index (χ3v) is 3.51. The molecule has 6 heteroatoms. The van der Waals surface area contributed by atoms with Crippen molar-refractivity contribution >= 4 is 11.9 Å². The van der Waals surface area contributed by atoms with Crippen molar-refractivity contribution in [3.63, 3.8) is 0 Å².